The van der Waals surface area contributed by atoms with Crippen molar-refractivity contribution in [2.24, 2.45) is 0 Å². The molecule has 0 saturated carbocycles. The monoisotopic (exact) mass is 303 g/mol. The highest BCUT2D eigenvalue weighted by Gasteiger charge is 2.42. The summed E-state index contributed by atoms with van der Waals surface area (Å²) in [6, 6.07) is 6.65. The Morgan fingerprint density at radius 3 is 2.59 bits per heavy atom. The minimum Gasteiger partial charge on any atom is -0.466 e. The van der Waals surface area contributed by atoms with Gasteiger partial charge in [0.25, 0.3) is 0 Å². The van der Waals surface area contributed by atoms with E-state index in [-0.39, 0.29) is 11.4 Å². The van der Waals surface area contributed by atoms with Gasteiger partial charge in [0.15, 0.2) is 12.3 Å². The number of hydrogen-bond acceptors (Lipinski definition) is 3. The molecule has 1 aromatic rings. The van der Waals surface area contributed by atoms with Gasteiger partial charge in [-0.2, -0.15) is 4.58 Å². The summed E-state index contributed by atoms with van der Waals surface area (Å²) < 4.78 is 7.41. The molecule has 0 amide bonds. The normalized spacial score (nSPS) is 15.7. The summed E-state index contributed by atoms with van der Waals surface area (Å²) in [5, 5.41) is 0. The van der Waals surface area contributed by atoms with Crippen molar-refractivity contribution in [2.45, 2.75) is 39.5 Å². The summed E-state index contributed by atoms with van der Waals surface area (Å²) >= 11 is 0. The molecule has 1 aliphatic rings. The van der Waals surface area contributed by atoms with E-state index in [2.05, 4.69) is 62.5 Å². The Balaban J connectivity index is 2.25. The van der Waals surface area contributed by atoms with E-state index in [0.717, 1.165) is 13.0 Å². The second-order valence-corrected chi connectivity index (χ2v) is 6.65. The molecule has 4 nitrogen and oxygen atoms in total. The molecular formula is C18H27N2O2+. The standard InChI is InChI=1S/C18H27N2O2/c1-13-18(3,4)16-12-15(19(5)6)8-9-17(16)20(13)10-7-11-22-14(2)21/h8-9,12H,7,10-11H2,1-6H3/q+1. The molecule has 2 rings (SSSR count). The van der Waals surface area contributed by atoms with E-state index in [4.69, 9.17) is 4.74 Å². The maximum atomic E-state index is 10.9. The largest absolute Gasteiger partial charge is 0.466 e. The highest BCUT2D eigenvalue weighted by atomic mass is 16.5. The zero-order valence-electron chi connectivity index (χ0n) is 14.6. The number of fused-ring (bicyclic) bond motifs is 1. The number of benzene rings is 1. The van der Waals surface area contributed by atoms with E-state index in [1.165, 1.54) is 29.6 Å². The van der Waals surface area contributed by atoms with E-state index in [0.29, 0.717) is 6.61 Å². The van der Waals surface area contributed by atoms with Crippen LogP contribution in [0.3, 0.4) is 0 Å². The molecule has 0 fully saturated rings. The third kappa shape index (κ3) is 3.01. The molecule has 0 aliphatic carbocycles. The molecule has 0 aromatic heterocycles. The summed E-state index contributed by atoms with van der Waals surface area (Å²) in [7, 11) is 4.13. The average molecular weight is 303 g/mol. The van der Waals surface area contributed by atoms with Crippen LogP contribution in [0.1, 0.15) is 39.7 Å². The number of carbonyl (C=O) groups excluding carboxylic acids is 1. The molecule has 1 aliphatic heterocycles. The molecular weight excluding hydrogens is 276 g/mol. The van der Waals surface area contributed by atoms with E-state index in [9.17, 15) is 4.79 Å². The lowest BCUT2D eigenvalue weighted by Gasteiger charge is -2.18. The molecule has 1 aromatic carbocycles. The van der Waals surface area contributed by atoms with Gasteiger partial charge < -0.3 is 9.64 Å². The molecule has 0 bridgehead atoms. The van der Waals surface area contributed by atoms with Gasteiger partial charge in [0, 0.05) is 51.7 Å². The van der Waals surface area contributed by atoms with Gasteiger partial charge in [0.1, 0.15) is 0 Å². The highest BCUT2D eigenvalue weighted by molar-refractivity contribution is 5.93. The summed E-state index contributed by atoms with van der Waals surface area (Å²) in [5.41, 5.74) is 5.24. The third-order valence-corrected chi connectivity index (χ3v) is 4.60. The second-order valence-electron chi connectivity index (χ2n) is 6.65. The van der Waals surface area contributed by atoms with Gasteiger partial charge in [0.2, 0.25) is 5.69 Å². The van der Waals surface area contributed by atoms with Crippen LogP contribution in [0.15, 0.2) is 18.2 Å². The Labute approximate surface area is 133 Å². The highest BCUT2D eigenvalue weighted by Crippen LogP contribution is 2.41. The minimum absolute atomic E-state index is 0.0305. The number of rotatable bonds is 5. The first-order valence-electron chi connectivity index (χ1n) is 7.82. The smallest absolute Gasteiger partial charge is 0.302 e. The number of ether oxygens (including phenoxy) is 1. The summed E-state index contributed by atoms with van der Waals surface area (Å²) in [5.74, 6) is -0.210. The maximum absolute atomic E-state index is 10.9. The Morgan fingerprint density at radius 2 is 2.00 bits per heavy atom. The Kier molecular flexibility index (Phi) is 4.59. The van der Waals surface area contributed by atoms with Crippen LogP contribution in [0.5, 0.6) is 0 Å². The molecule has 0 N–H and O–H groups in total. The zero-order chi connectivity index (χ0) is 16.5. The molecule has 120 valence electrons. The van der Waals surface area contributed by atoms with Gasteiger partial charge in [0.05, 0.1) is 12.0 Å². The molecule has 0 saturated heterocycles. The predicted octanol–water partition coefficient (Wildman–Crippen LogP) is 3.10. The van der Waals surface area contributed by atoms with Crippen LogP contribution in [-0.2, 0) is 14.9 Å². The van der Waals surface area contributed by atoms with Crippen molar-refractivity contribution in [2.75, 3.05) is 32.1 Å². The Morgan fingerprint density at radius 1 is 1.32 bits per heavy atom. The number of esters is 1. The van der Waals surface area contributed by atoms with Gasteiger partial charge in [-0.3, -0.25) is 4.79 Å². The first-order chi connectivity index (χ1) is 10.2. The van der Waals surface area contributed by atoms with Gasteiger partial charge in [-0.15, -0.1) is 0 Å². The van der Waals surface area contributed by atoms with Gasteiger partial charge in [-0.1, -0.05) is 0 Å². The first kappa shape index (κ1) is 16.5. The lowest BCUT2D eigenvalue weighted by atomic mass is 9.82. The van der Waals surface area contributed by atoms with E-state index >= 15 is 0 Å². The van der Waals surface area contributed by atoms with E-state index in [1.807, 2.05) is 0 Å². The fourth-order valence-corrected chi connectivity index (χ4v) is 2.98. The maximum Gasteiger partial charge on any atom is 0.302 e. The van der Waals surface area contributed by atoms with Crippen molar-refractivity contribution in [1.82, 2.24) is 0 Å². The Hall–Kier alpha value is -1.84. The Bertz CT molecular complexity index is 616. The lowest BCUT2D eigenvalue weighted by Crippen LogP contribution is -2.27. The van der Waals surface area contributed by atoms with Crippen molar-refractivity contribution in [3.05, 3.63) is 23.8 Å². The fourth-order valence-electron chi connectivity index (χ4n) is 2.98. The van der Waals surface area contributed by atoms with Crippen molar-refractivity contribution in [1.29, 1.82) is 0 Å². The SMILES string of the molecule is CC(=O)OCCC[N+]1=C(C)C(C)(C)c2cc(N(C)C)ccc21. The van der Waals surface area contributed by atoms with Crippen molar-refractivity contribution in [3.63, 3.8) is 0 Å². The first-order valence-corrected chi connectivity index (χ1v) is 7.82. The molecule has 22 heavy (non-hydrogen) atoms. The fraction of sp³-hybridized carbons (Fsp3) is 0.556. The van der Waals surface area contributed by atoms with Crippen LogP contribution in [0, 0.1) is 0 Å². The van der Waals surface area contributed by atoms with Crippen LogP contribution in [0.2, 0.25) is 0 Å². The van der Waals surface area contributed by atoms with Crippen LogP contribution < -0.4 is 4.90 Å². The lowest BCUT2D eigenvalue weighted by molar-refractivity contribution is -0.440. The quantitative estimate of drug-likeness (QED) is 0.476. The van der Waals surface area contributed by atoms with Crippen molar-refractivity contribution < 1.29 is 14.1 Å². The number of hydrogen-bond donors (Lipinski definition) is 0. The molecule has 0 unspecified atom stereocenters. The van der Waals surface area contributed by atoms with Crippen LogP contribution in [0.25, 0.3) is 0 Å². The molecule has 0 atom stereocenters. The second kappa shape index (κ2) is 6.11. The van der Waals surface area contributed by atoms with Crippen LogP contribution in [-0.4, -0.2) is 43.5 Å². The summed E-state index contributed by atoms with van der Waals surface area (Å²) in [6.45, 7) is 9.54. The third-order valence-electron chi connectivity index (χ3n) is 4.60. The van der Waals surface area contributed by atoms with Crippen molar-refractivity contribution >= 4 is 23.1 Å². The van der Waals surface area contributed by atoms with E-state index in [1.54, 1.807) is 0 Å². The zero-order valence-corrected chi connectivity index (χ0v) is 14.6. The van der Waals surface area contributed by atoms with Crippen LogP contribution in [0.4, 0.5) is 11.4 Å². The van der Waals surface area contributed by atoms with Gasteiger partial charge in [-0.05, 0) is 26.0 Å². The number of anilines is 1. The molecule has 0 spiro atoms. The molecule has 4 heteroatoms. The number of nitrogens with zero attached hydrogens (tertiary/aromatic N) is 2. The topological polar surface area (TPSA) is 32.6 Å². The number of carbonyl (C=O) groups is 1. The van der Waals surface area contributed by atoms with E-state index < -0.39 is 0 Å². The summed E-state index contributed by atoms with van der Waals surface area (Å²) in [6.07, 6.45) is 0.835. The van der Waals surface area contributed by atoms with Crippen LogP contribution >= 0.6 is 0 Å². The summed E-state index contributed by atoms with van der Waals surface area (Å²) in [4.78, 5) is 13.0. The van der Waals surface area contributed by atoms with Crippen molar-refractivity contribution in [3.8, 4) is 0 Å². The predicted molar refractivity (Wildman–Crippen MR) is 90.5 cm³/mol. The molecule has 1 heterocycles. The van der Waals surface area contributed by atoms with Gasteiger partial charge >= 0.3 is 5.97 Å². The molecule has 0 radical (unpaired) electrons. The minimum atomic E-state index is -0.210. The average Bonchev–Trinajstić information content (AvgIpc) is 2.63. The van der Waals surface area contributed by atoms with Gasteiger partial charge in [-0.25, -0.2) is 0 Å².